The fraction of sp³-hybridized carbons (Fsp3) is 0.292. The number of carbonyl (C=O) groups excluding carboxylic acids is 3. The van der Waals surface area contributed by atoms with Crippen LogP contribution in [0.3, 0.4) is 0 Å². The monoisotopic (exact) mass is 571 g/mol. The minimum Gasteiger partial charge on any atom is -0.352 e. The first-order chi connectivity index (χ1) is 18.7. The normalized spacial score (nSPS) is 14.2. The van der Waals surface area contributed by atoms with E-state index in [1.165, 1.54) is 12.1 Å². The van der Waals surface area contributed by atoms with E-state index in [0.29, 0.717) is 33.5 Å². The predicted octanol–water partition coefficient (Wildman–Crippen LogP) is 1.72. The lowest BCUT2D eigenvalue weighted by atomic mass is 10.0. The number of fused-ring (bicyclic) bond motifs is 1. The Hall–Kier alpha value is -4.11. The number of sulfone groups is 1. The van der Waals surface area contributed by atoms with E-state index in [-0.39, 0.29) is 23.0 Å². The van der Waals surface area contributed by atoms with E-state index < -0.39 is 45.0 Å². The number of halogens is 1. The molecule has 0 aliphatic heterocycles. The SMILES string of the molecule is O=CCCS(=O)(=O)C(C(=O)NCC(=O)NC1CC1)c1nc2cc(-c3ccc(-c4nnn[nH]4)cc3)c(F)cc2s1. The Bertz CT molecular complexity index is 1640. The molecule has 0 bridgehead atoms. The molecule has 1 aliphatic rings. The largest absolute Gasteiger partial charge is 0.352 e. The summed E-state index contributed by atoms with van der Waals surface area (Å²) in [5, 5.41) is 16.8. The van der Waals surface area contributed by atoms with E-state index >= 15 is 4.39 Å². The van der Waals surface area contributed by atoms with Gasteiger partial charge in [-0.05, 0) is 41.0 Å². The molecule has 2 aromatic carbocycles. The molecule has 4 aromatic rings. The molecule has 15 heteroatoms. The third kappa shape index (κ3) is 5.98. The number of nitrogens with one attached hydrogen (secondary N) is 3. The highest BCUT2D eigenvalue weighted by Gasteiger charge is 2.37. The average Bonchev–Trinajstić information content (AvgIpc) is 3.38. The van der Waals surface area contributed by atoms with Crippen molar-refractivity contribution >= 4 is 49.5 Å². The first-order valence-electron chi connectivity index (χ1n) is 11.9. The average molecular weight is 572 g/mol. The van der Waals surface area contributed by atoms with Gasteiger partial charge < -0.3 is 15.4 Å². The summed E-state index contributed by atoms with van der Waals surface area (Å²) in [6, 6.07) is 9.58. The van der Waals surface area contributed by atoms with E-state index in [1.807, 2.05) is 0 Å². The van der Waals surface area contributed by atoms with Gasteiger partial charge in [0.15, 0.2) is 20.9 Å². The van der Waals surface area contributed by atoms with Crippen LogP contribution >= 0.6 is 11.3 Å². The Kier molecular flexibility index (Phi) is 7.43. The van der Waals surface area contributed by atoms with Crippen molar-refractivity contribution in [3.05, 3.63) is 47.2 Å². The second kappa shape index (κ2) is 10.9. The second-order valence-corrected chi connectivity index (χ2v) is 12.2. The smallest absolute Gasteiger partial charge is 0.245 e. The Balaban J connectivity index is 1.45. The molecule has 1 fully saturated rings. The fourth-order valence-electron chi connectivity index (χ4n) is 3.91. The Morgan fingerprint density at radius 2 is 1.92 bits per heavy atom. The summed E-state index contributed by atoms with van der Waals surface area (Å²) in [6.07, 6.45) is 1.85. The highest BCUT2D eigenvalue weighted by Crippen LogP contribution is 2.35. The third-order valence-electron chi connectivity index (χ3n) is 6.02. The summed E-state index contributed by atoms with van der Waals surface area (Å²) in [5.41, 5.74) is 1.75. The number of aromatic nitrogens is 5. The highest BCUT2D eigenvalue weighted by molar-refractivity contribution is 7.92. The number of hydrogen-bond donors (Lipinski definition) is 3. The van der Waals surface area contributed by atoms with Gasteiger partial charge >= 0.3 is 0 Å². The molecule has 0 spiro atoms. The maximum absolute atomic E-state index is 15.1. The van der Waals surface area contributed by atoms with Crippen LogP contribution in [0.5, 0.6) is 0 Å². The van der Waals surface area contributed by atoms with E-state index in [9.17, 15) is 22.8 Å². The standard InChI is InChI=1S/C24H22FN7O5S2/c25-17-11-19-18(10-16(17)13-2-4-14(5-3-13)22-29-31-32-30-22)28-24(38-19)21(39(36,37)9-1-8-33)23(35)26-12-20(34)27-15-6-7-15/h2-5,8,10-11,15,21H,1,6-7,9,12H2,(H,26,35)(H,27,34)(H,29,30,31,32). The first-order valence-corrected chi connectivity index (χ1v) is 14.4. The van der Waals surface area contributed by atoms with Crippen LogP contribution in [-0.4, -0.2) is 70.5 Å². The van der Waals surface area contributed by atoms with Crippen LogP contribution in [0.4, 0.5) is 4.39 Å². The molecule has 2 amide bonds. The van der Waals surface area contributed by atoms with Crippen LogP contribution < -0.4 is 10.6 Å². The van der Waals surface area contributed by atoms with Gasteiger partial charge in [-0.15, -0.1) is 16.4 Å². The molecular formula is C24H22FN7O5S2. The minimum absolute atomic E-state index is 0.0743. The number of tetrazole rings is 1. The lowest BCUT2D eigenvalue weighted by Gasteiger charge is -2.15. The van der Waals surface area contributed by atoms with Gasteiger partial charge in [0.1, 0.15) is 17.1 Å². The summed E-state index contributed by atoms with van der Waals surface area (Å²) < 4.78 is 41.6. The lowest BCUT2D eigenvalue weighted by molar-refractivity contribution is -0.126. The molecule has 1 unspecified atom stereocenters. The predicted molar refractivity (Wildman–Crippen MR) is 140 cm³/mol. The molecule has 5 rings (SSSR count). The van der Waals surface area contributed by atoms with Gasteiger partial charge in [0.25, 0.3) is 0 Å². The van der Waals surface area contributed by atoms with E-state index in [0.717, 1.165) is 24.2 Å². The van der Waals surface area contributed by atoms with Crippen LogP contribution in [0, 0.1) is 5.82 Å². The minimum atomic E-state index is -4.18. The number of aromatic amines is 1. The lowest BCUT2D eigenvalue weighted by Crippen LogP contribution is -2.41. The number of nitrogens with zero attached hydrogens (tertiary/aromatic N) is 4. The maximum Gasteiger partial charge on any atom is 0.245 e. The number of carbonyl (C=O) groups is 3. The van der Waals surface area contributed by atoms with Crippen LogP contribution in [0.1, 0.15) is 29.5 Å². The van der Waals surface area contributed by atoms with E-state index in [1.54, 1.807) is 24.3 Å². The van der Waals surface area contributed by atoms with Gasteiger partial charge in [-0.2, -0.15) is 0 Å². The van der Waals surface area contributed by atoms with Gasteiger partial charge in [0.2, 0.25) is 11.8 Å². The fourth-order valence-corrected chi connectivity index (χ4v) is 6.88. The molecule has 3 N–H and O–H groups in total. The molecule has 1 saturated carbocycles. The molecular weight excluding hydrogens is 549 g/mol. The molecule has 0 radical (unpaired) electrons. The van der Waals surface area contributed by atoms with Gasteiger partial charge in [-0.1, -0.05) is 24.3 Å². The molecule has 12 nitrogen and oxygen atoms in total. The zero-order valence-electron chi connectivity index (χ0n) is 20.3. The van der Waals surface area contributed by atoms with Crippen molar-refractivity contribution in [2.75, 3.05) is 12.3 Å². The topological polar surface area (TPSA) is 177 Å². The third-order valence-corrected chi connectivity index (χ3v) is 9.21. The summed E-state index contributed by atoms with van der Waals surface area (Å²) in [7, 11) is -4.18. The van der Waals surface area contributed by atoms with Gasteiger partial charge in [-0.3, -0.25) is 9.59 Å². The van der Waals surface area contributed by atoms with Gasteiger partial charge in [-0.25, -0.2) is 22.9 Å². The van der Waals surface area contributed by atoms with Crippen molar-refractivity contribution < 1.29 is 27.2 Å². The Morgan fingerprint density at radius 3 is 2.59 bits per heavy atom. The summed E-state index contributed by atoms with van der Waals surface area (Å²) in [5.74, 6) is -2.06. The molecule has 1 aliphatic carbocycles. The van der Waals surface area contributed by atoms with Crippen LogP contribution in [0.25, 0.3) is 32.7 Å². The van der Waals surface area contributed by atoms with Crippen molar-refractivity contribution in [3.8, 4) is 22.5 Å². The van der Waals surface area contributed by atoms with Crippen LogP contribution in [-0.2, 0) is 24.2 Å². The molecule has 2 aromatic heterocycles. The van der Waals surface area contributed by atoms with Crippen molar-refractivity contribution in [2.45, 2.75) is 30.6 Å². The Labute approximate surface area is 225 Å². The molecule has 39 heavy (non-hydrogen) atoms. The Morgan fingerprint density at radius 1 is 1.18 bits per heavy atom. The number of rotatable bonds is 11. The molecule has 1 atom stereocenters. The maximum atomic E-state index is 15.1. The van der Waals surface area contributed by atoms with Crippen LogP contribution in [0.2, 0.25) is 0 Å². The number of hydrogen-bond acceptors (Lipinski definition) is 10. The second-order valence-electron chi connectivity index (χ2n) is 8.94. The first kappa shape index (κ1) is 26.5. The quantitative estimate of drug-likeness (QED) is 0.226. The van der Waals surface area contributed by atoms with Gasteiger partial charge in [0, 0.05) is 23.6 Å². The van der Waals surface area contributed by atoms with Gasteiger partial charge in [0.05, 0.1) is 22.5 Å². The van der Waals surface area contributed by atoms with Crippen molar-refractivity contribution in [3.63, 3.8) is 0 Å². The summed E-state index contributed by atoms with van der Waals surface area (Å²) in [6.45, 7) is -0.404. The van der Waals surface area contributed by atoms with Crippen molar-refractivity contribution in [1.82, 2.24) is 36.2 Å². The molecule has 202 valence electrons. The highest BCUT2D eigenvalue weighted by atomic mass is 32.2. The van der Waals surface area contributed by atoms with Crippen LogP contribution in [0.15, 0.2) is 36.4 Å². The van der Waals surface area contributed by atoms with E-state index in [2.05, 4.69) is 36.2 Å². The molecule has 0 saturated heterocycles. The number of aldehydes is 1. The zero-order chi connectivity index (χ0) is 27.6. The number of thiazole rings is 1. The number of H-pyrrole nitrogens is 1. The molecule has 2 heterocycles. The van der Waals surface area contributed by atoms with Crippen molar-refractivity contribution in [1.29, 1.82) is 0 Å². The summed E-state index contributed by atoms with van der Waals surface area (Å²) >= 11 is 0.861. The van der Waals surface area contributed by atoms with Crippen molar-refractivity contribution in [2.24, 2.45) is 0 Å². The zero-order valence-corrected chi connectivity index (χ0v) is 21.9. The summed E-state index contributed by atoms with van der Waals surface area (Å²) in [4.78, 5) is 40.3. The number of amides is 2. The van der Waals surface area contributed by atoms with E-state index in [4.69, 9.17) is 0 Å². The number of benzene rings is 2.